The average molecular weight is 805 g/mol. The van der Waals surface area contributed by atoms with E-state index in [9.17, 15) is 0 Å². The molecular formula is C60H40N2O. The van der Waals surface area contributed by atoms with E-state index in [-0.39, 0.29) is 0 Å². The van der Waals surface area contributed by atoms with Crippen molar-refractivity contribution >= 4 is 60.8 Å². The Kier molecular flexibility index (Phi) is 8.83. The first-order chi connectivity index (χ1) is 31.3. The minimum Gasteiger partial charge on any atom is -0.456 e. The van der Waals surface area contributed by atoms with Crippen LogP contribution in [0, 0.1) is 0 Å². The van der Waals surface area contributed by atoms with Crippen LogP contribution in [0.15, 0.2) is 247 Å². The molecule has 0 aliphatic heterocycles. The van der Waals surface area contributed by atoms with Crippen molar-refractivity contribution in [1.82, 2.24) is 4.57 Å². The quantitative estimate of drug-likeness (QED) is 0.153. The Hall–Kier alpha value is -8.40. The second-order valence-electron chi connectivity index (χ2n) is 16.1. The summed E-state index contributed by atoms with van der Waals surface area (Å²) >= 11 is 0. The van der Waals surface area contributed by atoms with Crippen molar-refractivity contribution in [3.8, 4) is 50.2 Å². The van der Waals surface area contributed by atoms with Gasteiger partial charge in [0.25, 0.3) is 0 Å². The van der Waals surface area contributed by atoms with Crippen LogP contribution >= 0.6 is 0 Å². The van der Waals surface area contributed by atoms with E-state index in [0.29, 0.717) is 0 Å². The zero-order valence-corrected chi connectivity index (χ0v) is 34.4. The van der Waals surface area contributed by atoms with Gasteiger partial charge in [0.1, 0.15) is 11.2 Å². The largest absolute Gasteiger partial charge is 0.456 e. The molecule has 2 aromatic heterocycles. The molecule has 3 heteroatoms. The van der Waals surface area contributed by atoms with E-state index in [1.54, 1.807) is 0 Å². The maximum atomic E-state index is 6.44. The molecular weight excluding hydrogens is 765 g/mol. The predicted molar refractivity (Wildman–Crippen MR) is 264 cm³/mol. The zero-order valence-electron chi connectivity index (χ0n) is 34.4. The van der Waals surface area contributed by atoms with E-state index in [1.807, 2.05) is 6.07 Å². The molecule has 0 spiro atoms. The highest BCUT2D eigenvalue weighted by Gasteiger charge is 2.22. The van der Waals surface area contributed by atoms with Crippen molar-refractivity contribution in [3.05, 3.63) is 243 Å². The van der Waals surface area contributed by atoms with Crippen LogP contribution in [0.3, 0.4) is 0 Å². The lowest BCUT2D eigenvalue weighted by Gasteiger charge is -2.27. The van der Waals surface area contributed by atoms with Gasteiger partial charge in [-0.15, -0.1) is 0 Å². The highest BCUT2D eigenvalue weighted by molar-refractivity contribution is 6.16. The molecule has 3 nitrogen and oxygen atoms in total. The van der Waals surface area contributed by atoms with E-state index < -0.39 is 0 Å². The number of anilines is 3. The average Bonchev–Trinajstić information content (AvgIpc) is 3.92. The zero-order chi connectivity index (χ0) is 41.7. The first-order valence-electron chi connectivity index (χ1n) is 21.5. The number of hydrogen-bond acceptors (Lipinski definition) is 2. The lowest BCUT2D eigenvalue weighted by Crippen LogP contribution is -2.10. The molecule has 0 amide bonds. The van der Waals surface area contributed by atoms with Crippen LogP contribution in [0.2, 0.25) is 0 Å². The number of aromatic nitrogens is 1. The smallest absolute Gasteiger partial charge is 0.137 e. The van der Waals surface area contributed by atoms with Crippen LogP contribution in [0.5, 0.6) is 0 Å². The molecule has 0 radical (unpaired) electrons. The van der Waals surface area contributed by atoms with Gasteiger partial charge in [0.05, 0.1) is 22.1 Å². The van der Waals surface area contributed by atoms with Crippen molar-refractivity contribution in [2.75, 3.05) is 4.90 Å². The lowest BCUT2D eigenvalue weighted by atomic mass is 9.93. The number of hydrogen-bond donors (Lipinski definition) is 0. The fourth-order valence-electron chi connectivity index (χ4n) is 9.53. The van der Waals surface area contributed by atoms with Crippen LogP contribution in [-0.4, -0.2) is 4.57 Å². The van der Waals surface area contributed by atoms with Gasteiger partial charge in [-0.1, -0.05) is 176 Å². The molecule has 0 atom stereocenters. The van der Waals surface area contributed by atoms with Gasteiger partial charge in [-0.05, 0) is 111 Å². The highest BCUT2D eigenvalue weighted by Crippen LogP contribution is 2.46. The van der Waals surface area contributed by atoms with Gasteiger partial charge in [-0.2, -0.15) is 0 Å². The van der Waals surface area contributed by atoms with E-state index in [1.165, 1.54) is 55.2 Å². The highest BCUT2D eigenvalue weighted by atomic mass is 16.3. The molecule has 12 aromatic rings. The van der Waals surface area contributed by atoms with Gasteiger partial charge < -0.3 is 13.9 Å². The summed E-state index contributed by atoms with van der Waals surface area (Å²) in [6.07, 6.45) is 0. The van der Waals surface area contributed by atoms with Crippen molar-refractivity contribution in [3.63, 3.8) is 0 Å². The molecule has 0 N–H and O–H groups in total. The minimum atomic E-state index is 0.861. The third kappa shape index (κ3) is 6.29. The number of para-hydroxylation sites is 3. The lowest BCUT2D eigenvalue weighted by molar-refractivity contribution is 0.669. The molecule has 0 aliphatic carbocycles. The summed E-state index contributed by atoms with van der Waals surface area (Å²) < 4.78 is 8.82. The SMILES string of the molecule is c1ccc(-c2ccc(N(c3ccc(-c4ccc(-c5cccc6c5c5ccccc5n6-c5ccccc5)cc4)cc3)c3cccc4oc5ccccc5c34)cc2-c2ccccc2)cc1. The minimum absolute atomic E-state index is 0.861. The van der Waals surface area contributed by atoms with E-state index in [0.717, 1.165) is 55.8 Å². The van der Waals surface area contributed by atoms with Gasteiger partial charge in [0, 0.05) is 33.2 Å². The molecule has 0 saturated carbocycles. The Labute approximate surface area is 366 Å². The summed E-state index contributed by atoms with van der Waals surface area (Å²) in [6.45, 7) is 0. The number of benzene rings is 10. The van der Waals surface area contributed by atoms with Crippen molar-refractivity contribution in [1.29, 1.82) is 0 Å². The van der Waals surface area contributed by atoms with Crippen LogP contribution in [0.1, 0.15) is 0 Å². The van der Waals surface area contributed by atoms with Gasteiger partial charge in [0.15, 0.2) is 0 Å². The third-order valence-corrected chi connectivity index (χ3v) is 12.4. The number of furan rings is 1. The molecule has 12 rings (SSSR count). The Balaban J connectivity index is 0.964. The molecule has 0 unspecified atom stereocenters. The van der Waals surface area contributed by atoms with E-state index in [2.05, 4.69) is 246 Å². The summed E-state index contributed by atoms with van der Waals surface area (Å²) in [5.41, 5.74) is 17.9. The number of fused-ring (bicyclic) bond motifs is 6. The van der Waals surface area contributed by atoms with Crippen LogP contribution in [0.4, 0.5) is 17.1 Å². The first kappa shape index (κ1) is 36.5. The first-order valence-corrected chi connectivity index (χ1v) is 21.5. The summed E-state index contributed by atoms with van der Waals surface area (Å²) in [7, 11) is 0. The maximum Gasteiger partial charge on any atom is 0.137 e. The second-order valence-corrected chi connectivity index (χ2v) is 16.1. The number of rotatable bonds is 8. The van der Waals surface area contributed by atoms with E-state index in [4.69, 9.17) is 4.42 Å². The van der Waals surface area contributed by atoms with Gasteiger partial charge in [0.2, 0.25) is 0 Å². The second kappa shape index (κ2) is 15.3. The topological polar surface area (TPSA) is 21.3 Å². The Morgan fingerprint density at radius 3 is 1.60 bits per heavy atom. The summed E-state index contributed by atoms with van der Waals surface area (Å²) in [5.74, 6) is 0. The molecule has 296 valence electrons. The van der Waals surface area contributed by atoms with Crippen LogP contribution in [-0.2, 0) is 0 Å². The van der Waals surface area contributed by atoms with Gasteiger partial charge in [-0.25, -0.2) is 0 Å². The molecule has 2 heterocycles. The molecule has 0 aliphatic rings. The fourth-order valence-corrected chi connectivity index (χ4v) is 9.53. The normalized spacial score (nSPS) is 11.5. The molecule has 0 bridgehead atoms. The summed E-state index contributed by atoms with van der Waals surface area (Å²) in [4.78, 5) is 2.38. The molecule has 10 aromatic carbocycles. The third-order valence-electron chi connectivity index (χ3n) is 12.4. The maximum absolute atomic E-state index is 6.44. The summed E-state index contributed by atoms with van der Waals surface area (Å²) in [5, 5.41) is 4.69. The van der Waals surface area contributed by atoms with E-state index >= 15 is 0 Å². The van der Waals surface area contributed by atoms with Crippen LogP contribution < -0.4 is 4.90 Å². The van der Waals surface area contributed by atoms with Crippen molar-refractivity contribution in [2.24, 2.45) is 0 Å². The monoisotopic (exact) mass is 804 g/mol. The van der Waals surface area contributed by atoms with Crippen LogP contribution in [0.25, 0.3) is 93.9 Å². The standard InChI is InChI=1S/C60H40N2O/c1-4-16-43(17-5-1)49-39-38-48(40-53(49)44-18-6-2-7-19-44)61(56-27-15-29-58-60(56)52-23-11-13-28-57(52)63-58)47-36-34-42(35-37-47)41-30-32-45(33-31-41)50-24-14-26-55-59(50)51-22-10-12-25-54(51)62(55)46-20-8-3-9-21-46/h1-40H. The summed E-state index contributed by atoms with van der Waals surface area (Å²) in [6, 6.07) is 87.0. The van der Waals surface area contributed by atoms with Gasteiger partial charge in [-0.3, -0.25) is 0 Å². The Morgan fingerprint density at radius 2 is 0.857 bits per heavy atom. The Morgan fingerprint density at radius 1 is 0.317 bits per heavy atom. The van der Waals surface area contributed by atoms with Crippen molar-refractivity contribution < 1.29 is 4.42 Å². The number of nitrogens with zero attached hydrogens (tertiary/aromatic N) is 2. The molecule has 63 heavy (non-hydrogen) atoms. The Bertz CT molecular complexity index is 3590. The van der Waals surface area contributed by atoms with Crippen molar-refractivity contribution in [2.45, 2.75) is 0 Å². The fraction of sp³-hybridized carbons (Fsp3) is 0. The molecule has 0 fully saturated rings. The predicted octanol–water partition coefficient (Wildman–Crippen LogP) is 16.8. The molecule has 0 saturated heterocycles. The van der Waals surface area contributed by atoms with Gasteiger partial charge >= 0.3 is 0 Å².